The molecule has 25 heavy (non-hydrogen) atoms. The Morgan fingerprint density at radius 1 is 1.24 bits per heavy atom. The van der Waals surface area contributed by atoms with E-state index in [0.29, 0.717) is 30.4 Å². The average Bonchev–Trinajstić information content (AvgIpc) is 3.00. The van der Waals surface area contributed by atoms with Crippen molar-refractivity contribution in [2.75, 3.05) is 19.3 Å². The topological polar surface area (TPSA) is 101 Å². The van der Waals surface area contributed by atoms with Gasteiger partial charge in [-0.1, -0.05) is 18.2 Å². The van der Waals surface area contributed by atoms with Gasteiger partial charge in [-0.25, -0.2) is 13.4 Å². The number of aromatic nitrogens is 3. The number of nitrogens with one attached hydrogen (secondary N) is 2. The summed E-state index contributed by atoms with van der Waals surface area (Å²) in [6.45, 7) is 0.989. The zero-order valence-electron chi connectivity index (χ0n) is 14.2. The number of guanidine groups is 1. The second-order valence-corrected chi connectivity index (χ2v) is 7.25. The molecule has 0 amide bonds. The van der Waals surface area contributed by atoms with E-state index in [9.17, 15) is 8.42 Å². The molecule has 0 atom stereocenters. The van der Waals surface area contributed by atoms with Crippen LogP contribution in [-0.4, -0.2) is 48.5 Å². The highest BCUT2D eigenvalue weighted by atomic mass is 127. The van der Waals surface area contributed by atoms with Crippen LogP contribution in [0.2, 0.25) is 0 Å². The lowest BCUT2D eigenvalue weighted by atomic mass is 10.4. The molecule has 0 fully saturated rings. The monoisotopic (exact) mass is 478 g/mol. The predicted octanol–water partition coefficient (Wildman–Crippen LogP) is 0.962. The zero-order chi connectivity index (χ0) is 17.4. The quantitative estimate of drug-likeness (QED) is 0.266. The highest BCUT2D eigenvalue weighted by molar-refractivity contribution is 14.0. The maximum atomic E-state index is 12.2. The summed E-state index contributed by atoms with van der Waals surface area (Å²) >= 11 is 0. The number of nitrogens with zero attached hydrogens (tertiary/aromatic N) is 4. The summed E-state index contributed by atoms with van der Waals surface area (Å²) in [4.78, 5) is 8.56. The van der Waals surface area contributed by atoms with E-state index >= 15 is 0 Å². The van der Waals surface area contributed by atoms with Crippen LogP contribution in [0.5, 0.6) is 0 Å². The van der Waals surface area contributed by atoms with Crippen molar-refractivity contribution in [2.24, 2.45) is 12.0 Å². The van der Waals surface area contributed by atoms with Crippen LogP contribution >= 0.6 is 24.0 Å². The number of benzene rings is 1. The van der Waals surface area contributed by atoms with Crippen LogP contribution in [0.4, 0.5) is 0 Å². The van der Waals surface area contributed by atoms with E-state index in [0.717, 1.165) is 5.82 Å². The van der Waals surface area contributed by atoms with Crippen LogP contribution in [0.3, 0.4) is 0 Å². The first kappa shape index (κ1) is 21.4. The first-order chi connectivity index (χ1) is 11.5. The van der Waals surface area contributed by atoms with Gasteiger partial charge < -0.3 is 10.6 Å². The fraction of sp³-hybridized carbons (Fsp3) is 0.400. The SMILES string of the molecule is CN=C(NCCCS(=O)(=O)c1ccccc1)NCc1ncnn1C.I. The Kier molecular flexibility index (Phi) is 8.83. The van der Waals surface area contributed by atoms with Gasteiger partial charge >= 0.3 is 0 Å². The van der Waals surface area contributed by atoms with Crippen molar-refractivity contribution in [1.82, 2.24) is 25.4 Å². The molecule has 138 valence electrons. The molecule has 2 aromatic rings. The summed E-state index contributed by atoms with van der Waals surface area (Å²) in [7, 11) is 0.233. The molecule has 10 heteroatoms. The van der Waals surface area contributed by atoms with Gasteiger partial charge in [0.05, 0.1) is 17.2 Å². The summed E-state index contributed by atoms with van der Waals surface area (Å²) in [5.41, 5.74) is 0. The number of rotatable bonds is 7. The van der Waals surface area contributed by atoms with Crippen LogP contribution in [0, 0.1) is 0 Å². The molecule has 0 aliphatic rings. The van der Waals surface area contributed by atoms with E-state index in [1.807, 2.05) is 7.05 Å². The number of aliphatic imine (C=N–C) groups is 1. The lowest BCUT2D eigenvalue weighted by Crippen LogP contribution is -2.38. The maximum absolute atomic E-state index is 12.2. The molecule has 1 aromatic carbocycles. The molecule has 0 saturated heterocycles. The molecule has 0 radical (unpaired) electrons. The fourth-order valence-corrected chi connectivity index (χ4v) is 3.41. The number of aryl methyl sites for hydroxylation is 1. The van der Waals surface area contributed by atoms with E-state index in [4.69, 9.17) is 0 Å². The number of hydrogen-bond donors (Lipinski definition) is 2. The Morgan fingerprint density at radius 3 is 2.56 bits per heavy atom. The first-order valence-electron chi connectivity index (χ1n) is 7.58. The summed E-state index contributed by atoms with van der Waals surface area (Å²) in [6.07, 6.45) is 1.98. The number of halogens is 1. The maximum Gasteiger partial charge on any atom is 0.191 e. The number of hydrogen-bond acceptors (Lipinski definition) is 5. The van der Waals surface area contributed by atoms with Gasteiger partial charge in [-0.3, -0.25) is 9.67 Å². The smallest absolute Gasteiger partial charge is 0.191 e. The van der Waals surface area contributed by atoms with Crippen LogP contribution in [0.1, 0.15) is 12.2 Å². The van der Waals surface area contributed by atoms with Crippen molar-refractivity contribution in [1.29, 1.82) is 0 Å². The Bertz CT molecular complexity index is 776. The Balaban J connectivity index is 0.00000312. The highest BCUT2D eigenvalue weighted by Crippen LogP contribution is 2.10. The van der Waals surface area contributed by atoms with Gasteiger partial charge in [-0.15, -0.1) is 24.0 Å². The van der Waals surface area contributed by atoms with Gasteiger partial charge in [-0.05, 0) is 18.6 Å². The van der Waals surface area contributed by atoms with Crippen molar-refractivity contribution in [3.8, 4) is 0 Å². The Labute approximate surface area is 165 Å². The van der Waals surface area contributed by atoms with E-state index in [1.54, 1.807) is 42.1 Å². The number of sulfone groups is 1. The third-order valence-electron chi connectivity index (χ3n) is 3.43. The fourth-order valence-electron chi connectivity index (χ4n) is 2.08. The van der Waals surface area contributed by atoms with Crippen LogP contribution in [-0.2, 0) is 23.4 Å². The van der Waals surface area contributed by atoms with Gasteiger partial charge in [0.25, 0.3) is 0 Å². The van der Waals surface area contributed by atoms with Crippen molar-refractivity contribution in [3.05, 3.63) is 42.5 Å². The molecule has 8 nitrogen and oxygen atoms in total. The molecule has 0 aliphatic carbocycles. The second-order valence-electron chi connectivity index (χ2n) is 5.14. The molecular formula is C15H23IN6O2S. The lowest BCUT2D eigenvalue weighted by molar-refractivity contribution is 0.592. The largest absolute Gasteiger partial charge is 0.356 e. The molecule has 1 aromatic heterocycles. The molecule has 0 saturated carbocycles. The van der Waals surface area contributed by atoms with Gasteiger partial charge in [0.15, 0.2) is 15.8 Å². The summed E-state index contributed by atoms with van der Waals surface area (Å²) < 4.78 is 26.0. The summed E-state index contributed by atoms with van der Waals surface area (Å²) in [5.74, 6) is 1.46. The molecule has 0 aliphatic heterocycles. The van der Waals surface area contributed by atoms with Crippen molar-refractivity contribution < 1.29 is 8.42 Å². The standard InChI is InChI=1S/C15H22N6O2S.HI/c1-16-15(18-11-14-19-12-20-21(14)2)17-9-6-10-24(22,23)13-7-4-3-5-8-13;/h3-5,7-8,12H,6,9-11H2,1-2H3,(H2,16,17,18);1H. The normalized spacial score (nSPS) is 11.7. The van der Waals surface area contributed by atoms with E-state index < -0.39 is 9.84 Å². The minimum Gasteiger partial charge on any atom is -0.356 e. The molecule has 1 heterocycles. The van der Waals surface area contributed by atoms with Crippen molar-refractivity contribution in [3.63, 3.8) is 0 Å². The summed E-state index contributed by atoms with van der Waals surface area (Å²) in [5, 5.41) is 10.2. The van der Waals surface area contributed by atoms with Gasteiger partial charge in [0, 0.05) is 20.6 Å². The molecule has 0 bridgehead atoms. The summed E-state index contributed by atoms with van der Waals surface area (Å²) in [6, 6.07) is 8.48. The molecule has 2 N–H and O–H groups in total. The second kappa shape index (κ2) is 10.3. The zero-order valence-corrected chi connectivity index (χ0v) is 17.4. The van der Waals surface area contributed by atoms with Crippen molar-refractivity contribution in [2.45, 2.75) is 17.9 Å². The first-order valence-corrected chi connectivity index (χ1v) is 9.23. The molecule has 0 unspecified atom stereocenters. The lowest BCUT2D eigenvalue weighted by Gasteiger charge is -2.11. The van der Waals surface area contributed by atoms with E-state index in [-0.39, 0.29) is 29.7 Å². The van der Waals surface area contributed by atoms with Gasteiger partial charge in [0.2, 0.25) is 0 Å². The molecular weight excluding hydrogens is 455 g/mol. The van der Waals surface area contributed by atoms with E-state index in [1.165, 1.54) is 6.33 Å². The predicted molar refractivity (Wildman–Crippen MR) is 108 cm³/mol. The van der Waals surface area contributed by atoms with E-state index in [2.05, 4.69) is 25.7 Å². The van der Waals surface area contributed by atoms with Crippen molar-refractivity contribution >= 4 is 39.8 Å². The molecule has 0 spiro atoms. The minimum absolute atomic E-state index is 0. The Morgan fingerprint density at radius 2 is 1.96 bits per heavy atom. The van der Waals surface area contributed by atoms with Crippen LogP contribution < -0.4 is 10.6 Å². The highest BCUT2D eigenvalue weighted by Gasteiger charge is 2.13. The Hall–Kier alpha value is -1.69. The van der Waals surface area contributed by atoms with Crippen LogP contribution in [0.25, 0.3) is 0 Å². The third kappa shape index (κ3) is 6.61. The van der Waals surface area contributed by atoms with Gasteiger partial charge in [0.1, 0.15) is 12.2 Å². The van der Waals surface area contributed by atoms with Gasteiger partial charge in [-0.2, -0.15) is 5.10 Å². The minimum atomic E-state index is -3.24. The van der Waals surface area contributed by atoms with Crippen LogP contribution in [0.15, 0.2) is 46.5 Å². The molecule has 2 rings (SSSR count). The average molecular weight is 478 g/mol. The third-order valence-corrected chi connectivity index (χ3v) is 5.24.